The Morgan fingerprint density at radius 2 is 1.88 bits per heavy atom. The number of benzene rings is 1. The van der Waals surface area contributed by atoms with Gasteiger partial charge in [-0.15, -0.1) is 0 Å². The van der Waals surface area contributed by atoms with Gasteiger partial charge >= 0.3 is 0 Å². The van der Waals surface area contributed by atoms with E-state index in [9.17, 15) is 0 Å². The third-order valence-corrected chi connectivity index (χ3v) is 3.00. The molecule has 0 heterocycles. The summed E-state index contributed by atoms with van der Waals surface area (Å²) < 4.78 is 5.64. The van der Waals surface area contributed by atoms with Gasteiger partial charge in [-0.25, -0.2) is 5.90 Å². The fourth-order valence-corrected chi connectivity index (χ4v) is 2.13. The standard InChI is InChI=1S/C13H19NO2/c14-16-9-3-8-15-13-7-6-11-4-1-2-5-12(11)10-13/h6-7,10H,1-5,8-9,14H2. The number of ether oxygens (including phenoxy) is 1. The van der Waals surface area contributed by atoms with Crippen molar-refractivity contribution in [3.8, 4) is 5.75 Å². The predicted molar refractivity (Wildman–Crippen MR) is 63.3 cm³/mol. The highest BCUT2D eigenvalue weighted by Gasteiger charge is 2.09. The topological polar surface area (TPSA) is 44.5 Å². The van der Waals surface area contributed by atoms with Gasteiger partial charge in [-0.2, -0.15) is 0 Å². The molecule has 2 rings (SSSR count). The fraction of sp³-hybridized carbons (Fsp3) is 0.538. The molecule has 0 aromatic heterocycles. The van der Waals surface area contributed by atoms with E-state index < -0.39 is 0 Å². The van der Waals surface area contributed by atoms with Crippen molar-refractivity contribution < 1.29 is 9.57 Å². The molecule has 1 aromatic rings. The summed E-state index contributed by atoms with van der Waals surface area (Å²) in [4.78, 5) is 4.49. The van der Waals surface area contributed by atoms with Crippen LogP contribution in [0.4, 0.5) is 0 Å². The Labute approximate surface area is 96.5 Å². The van der Waals surface area contributed by atoms with Crippen LogP contribution in [-0.4, -0.2) is 13.2 Å². The first-order chi connectivity index (χ1) is 7.90. The number of nitrogens with two attached hydrogens (primary N) is 1. The first kappa shape index (κ1) is 11.4. The zero-order valence-corrected chi connectivity index (χ0v) is 9.58. The molecule has 88 valence electrons. The number of hydrogen-bond acceptors (Lipinski definition) is 3. The Bertz CT molecular complexity index is 339. The van der Waals surface area contributed by atoms with Crippen molar-refractivity contribution in [2.24, 2.45) is 5.90 Å². The second-order valence-electron chi connectivity index (χ2n) is 4.21. The Balaban J connectivity index is 1.90. The van der Waals surface area contributed by atoms with Crippen LogP contribution in [0.1, 0.15) is 30.4 Å². The van der Waals surface area contributed by atoms with E-state index in [2.05, 4.69) is 23.0 Å². The summed E-state index contributed by atoms with van der Waals surface area (Å²) >= 11 is 0. The van der Waals surface area contributed by atoms with Crippen molar-refractivity contribution in [3.05, 3.63) is 29.3 Å². The number of aryl methyl sites for hydroxylation is 2. The van der Waals surface area contributed by atoms with Crippen LogP contribution < -0.4 is 10.6 Å². The van der Waals surface area contributed by atoms with E-state index in [4.69, 9.17) is 10.6 Å². The molecule has 1 aromatic carbocycles. The maximum atomic E-state index is 5.64. The third-order valence-electron chi connectivity index (χ3n) is 3.00. The van der Waals surface area contributed by atoms with Crippen molar-refractivity contribution in [3.63, 3.8) is 0 Å². The summed E-state index contributed by atoms with van der Waals surface area (Å²) in [6, 6.07) is 6.44. The molecule has 0 atom stereocenters. The van der Waals surface area contributed by atoms with Gasteiger partial charge in [0.1, 0.15) is 5.75 Å². The van der Waals surface area contributed by atoms with Gasteiger partial charge in [-0.05, 0) is 48.9 Å². The molecular formula is C13H19NO2. The van der Waals surface area contributed by atoms with Crippen LogP contribution in [0.15, 0.2) is 18.2 Å². The van der Waals surface area contributed by atoms with Crippen LogP contribution in [0.25, 0.3) is 0 Å². The summed E-state index contributed by atoms with van der Waals surface area (Å²) in [7, 11) is 0. The van der Waals surface area contributed by atoms with Gasteiger partial charge < -0.3 is 9.57 Å². The highest BCUT2D eigenvalue weighted by molar-refractivity contribution is 5.37. The van der Waals surface area contributed by atoms with Crippen molar-refractivity contribution >= 4 is 0 Å². The summed E-state index contributed by atoms with van der Waals surface area (Å²) in [6.45, 7) is 1.21. The first-order valence-electron chi connectivity index (χ1n) is 5.96. The summed E-state index contributed by atoms with van der Waals surface area (Å²) in [5, 5.41) is 0. The van der Waals surface area contributed by atoms with E-state index in [1.54, 1.807) is 0 Å². The molecule has 0 aliphatic heterocycles. The average molecular weight is 221 g/mol. The maximum absolute atomic E-state index is 5.64. The molecular weight excluding hydrogens is 202 g/mol. The smallest absolute Gasteiger partial charge is 0.119 e. The van der Waals surface area contributed by atoms with Crippen molar-refractivity contribution in [2.45, 2.75) is 32.1 Å². The quantitative estimate of drug-likeness (QED) is 0.612. The third kappa shape index (κ3) is 2.97. The molecule has 2 N–H and O–H groups in total. The Kier molecular flexibility index (Phi) is 4.19. The zero-order valence-electron chi connectivity index (χ0n) is 9.58. The molecule has 0 spiro atoms. The molecule has 0 bridgehead atoms. The second kappa shape index (κ2) is 5.87. The van der Waals surface area contributed by atoms with Crippen molar-refractivity contribution in [1.29, 1.82) is 0 Å². The number of rotatable bonds is 5. The molecule has 1 aliphatic rings. The molecule has 3 heteroatoms. The van der Waals surface area contributed by atoms with E-state index in [1.165, 1.54) is 36.8 Å². The lowest BCUT2D eigenvalue weighted by Crippen LogP contribution is -2.07. The van der Waals surface area contributed by atoms with Gasteiger partial charge in [-0.1, -0.05) is 6.07 Å². The van der Waals surface area contributed by atoms with Crippen molar-refractivity contribution in [1.82, 2.24) is 0 Å². The highest BCUT2D eigenvalue weighted by Crippen LogP contribution is 2.25. The minimum absolute atomic E-state index is 0.547. The Morgan fingerprint density at radius 1 is 1.06 bits per heavy atom. The molecule has 1 aliphatic carbocycles. The lowest BCUT2D eigenvalue weighted by Gasteiger charge is -2.16. The lowest BCUT2D eigenvalue weighted by molar-refractivity contribution is 0.122. The second-order valence-corrected chi connectivity index (χ2v) is 4.21. The minimum Gasteiger partial charge on any atom is -0.493 e. The van der Waals surface area contributed by atoms with Gasteiger partial charge in [0.05, 0.1) is 13.2 Å². The van der Waals surface area contributed by atoms with E-state index in [0.717, 1.165) is 12.2 Å². The minimum atomic E-state index is 0.547. The van der Waals surface area contributed by atoms with E-state index in [0.29, 0.717) is 13.2 Å². The number of fused-ring (bicyclic) bond motifs is 1. The van der Waals surface area contributed by atoms with Gasteiger partial charge in [0.15, 0.2) is 0 Å². The van der Waals surface area contributed by atoms with Crippen LogP contribution in [-0.2, 0) is 17.7 Å². The van der Waals surface area contributed by atoms with Crippen LogP contribution in [0, 0.1) is 0 Å². The van der Waals surface area contributed by atoms with E-state index >= 15 is 0 Å². The zero-order chi connectivity index (χ0) is 11.2. The fourth-order valence-electron chi connectivity index (χ4n) is 2.13. The van der Waals surface area contributed by atoms with Crippen LogP contribution >= 0.6 is 0 Å². The molecule has 0 saturated heterocycles. The first-order valence-corrected chi connectivity index (χ1v) is 5.96. The summed E-state index contributed by atoms with van der Waals surface area (Å²) in [5.41, 5.74) is 2.95. The summed E-state index contributed by atoms with van der Waals surface area (Å²) in [5.74, 6) is 5.91. The largest absolute Gasteiger partial charge is 0.493 e. The Morgan fingerprint density at radius 3 is 2.69 bits per heavy atom. The Hall–Kier alpha value is -1.06. The van der Waals surface area contributed by atoms with Crippen LogP contribution in [0.2, 0.25) is 0 Å². The molecule has 16 heavy (non-hydrogen) atoms. The van der Waals surface area contributed by atoms with Gasteiger partial charge in [-0.3, -0.25) is 0 Å². The highest BCUT2D eigenvalue weighted by atomic mass is 16.6. The van der Waals surface area contributed by atoms with Crippen molar-refractivity contribution in [2.75, 3.05) is 13.2 Å². The monoisotopic (exact) mass is 221 g/mol. The normalized spacial score (nSPS) is 14.6. The molecule has 0 saturated carbocycles. The van der Waals surface area contributed by atoms with Gasteiger partial charge in [0.2, 0.25) is 0 Å². The van der Waals surface area contributed by atoms with Gasteiger partial charge in [0, 0.05) is 6.42 Å². The molecule has 0 unspecified atom stereocenters. The molecule has 0 radical (unpaired) electrons. The number of hydrogen-bond donors (Lipinski definition) is 1. The van der Waals surface area contributed by atoms with Crippen LogP contribution in [0.5, 0.6) is 5.75 Å². The molecule has 0 fully saturated rings. The van der Waals surface area contributed by atoms with E-state index in [-0.39, 0.29) is 0 Å². The SMILES string of the molecule is NOCCCOc1ccc2c(c1)CCCC2. The van der Waals surface area contributed by atoms with Crippen LogP contribution in [0.3, 0.4) is 0 Å². The molecule has 0 amide bonds. The maximum Gasteiger partial charge on any atom is 0.119 e. The summed E-state index contributed by atoms with van der Waals surface area (Å²) in [6.07, 6.45) is 5.86. The van der Waals surface area contributed by atoms with E-state index in [1.807, 2.05) is 0 Å². The lowest BCUT2D eigenvalue weighted by atomic mass is 9.92. The van der Waals surface area contributed by atoms with Gasteiger partial charge in [0.25, 0.3) is 0 Å². The molecule has 3 nitrogen and oxygen atoms in total. The predicted octanol–water partition coefficient (Wildman–Crippen LogP) is 2.22. The average Bonchev–Trinajstić information content (AvgIpc) is 2.34.